The number of rotatable bonds is 6. The summed E-state index contributed by atoms with van der Waals surface area (Å²) in [5.74, 6) is 0.477. The quantitative estimate of drug-likeness (QED) is 0.763. The van der Waals surface area contributed by atoms with E-state index in [1.54, 1.807) is 31.6 Å². The molecule has 6 nitrogen and oxygen atoms in total. The van der Waals surface area contributed by atoms with Crippen molar-refractivity contribution in [2.75, 3.05) is 18.9 Å². The summed E-state index contributed by atoms with van der Waals surface area (Å²) in [7, 11) is 1.61. The molecular formula is C13H17N5O. The molecule has 0 atom stereocenters. The number of carbonyl (C=O) groups excluding carboxylic acids is 1. The molecule has 2 heterocycles. The first-order valence-electron chi connectivity index (χ1n) is 6.19. The Kier molecular flexibility index (Phi) is 4.49. The minimum atomic E-state index is -0.136. The molecule has 0 aliphatic rings. The molecule has 0 aromatic carbocycles. The van der Waals surface area contributed by atoms with Crippen molar-refractivity contribution >= 4 is 11.7 Å². The van der Waals surface area contributed by atoms with E-state index >= 15 is 0 Å². The number of aromatic nitrogens is 3. The van der Waals surface area contributed by atoms with Crippen LogP contribution in [0.2, 0.25) is 0 Å². The lowest BCUT2D eigenvalue weighted by atomic mass is 10.2. The van der Waals surface area contributed by atoms with Gasteiger partial charge in [-0.25, -0.2) is 4.98 Å². The molecule has 2 aromatic rings. The van der Waals surface area contributed by atoms with E-state index in [0.29, 0.717) is 11.4 Å². The number of hydrogen-bond donors (Lipinski definition) is 2. The van der Waals surface area contributed by atoms with Gasteiger partial charge in [-0.1, -0.05) is 0 Å². The summed E-state index contributed by atoms with van der Waals surface area (Å²) in [5, 5.41) is 9.91. The number of pyridine rings is 1. The molecule has 0 spiro atoms. The van der Waals surface area contributed by atoms with Crippen LogP contribution >= 0.6 is 0 Å². The van der Waals surface area contributed by atoms with Gasteiger partial charge in [-0.2, -0.15) is 5.10 Å². The van der Waals surface area contributed by atoms with Crippen LogP contribution in [0.3, 0.4) is 0 Å². The van der Waals surface area contributed by atoms with Gasteiger partial charge in [-0.3, -0.25) is 9.48 Å². The van der Waals surface area contributed by atoms with E-state index in [9.17, 15) is 4.79 Å². The lowest BCUT2D eigenvalue weighted by Crippen LogP contribution is -2.20. The Bertz CT molecular complexity index is 524. The van der Waals surface area contributed by atoms with Gasteiger partial charge in [0.25, 0.3) is 5.91 Å². The summed E-state index contributed by atoms with van der Waals surface area (Å²) in [6.45, 7) is 1.57. The maximum absolute atomic E-state index is 11.6. The van der Waals surface area contributed by atoms with Crippen molar-refractivity contribution in [3.63, 3.8) is 0 Å². The molecule has 2 aromatic heterocycles. The van der Waals surface area contributed by atoms with Gasteiger partial charge >= 0.3 is 0 Å². The van der Waals surface area contributed by atoms with Gasteiger partial charge in [0, 0.05) is 38.7 Å². The van der Waals surface area contributed by atoms with Crippen molar-refractivity contribution in [1.82, 2.24) is 20.1 Å². The number of nitrogens with one attached hydrogen (secondary N) is 2. The Morgan fingerprint density at radius 2 is 2.26 bits per heavy atom. The maximum Gasteiger partial charge on any atom is 0.254 e. The molecule has 0 unspecified atom stereocenters. The van der Waals surface area contributed by atoms with Gasteiger partial charge < -0.3 is 10.6 Å². The highest BCUT2D eigenvalue weighted by molar-refractivity contribution is 5.98. The van der Waals surface area contributed by atoms with E-state index in [-0.39, 0.29) is 5.91 Å². The van der Waals surface area contributed by atoms with Crippen molar-refractivity contribution in [3.8, 4) is 0 Å². The minimum Gasteiger partial charge on any atom is -0.369 e. The number of hydrogen-bond acceptors (Lipinski definition) is 4. The van der Waals surface area contributed by atoms with E-state index in [1.165, 1.54) is 0 Å². The Morgan fingerprint density at radius 1 is 1.37 bits per heavy atom. The molecule has 100 valence electrons. The second-order valence-corrected chi connectivity index (χ2v) is 4.03. The van der Waals surface area contributed by atoms with Crippen LogP contribution in [0.25, 0.3) is 0 Å². The number of anilines is 1. The van der Waals surface area contributed by atoms with Crippen LogP contribution in [0, 0.1) is 0 Å². The predicted octanol–water partition coefficient (Wildman–Crippen LogP) is 1.14. The largest absolute Gasteiger partial charge is 0.369 e. The lowest BCUT2D eigenvalue weighted by Gasteiger charge is -2.09. The van der Waals surface area contributed by atoms with E-state index < -0.39 is 0 Å². The molecule has 0 saturated heterocycles. The standard InChI is InChI=1S/C13H17N5O/c1-14-13(19)11-5-2-6-15-12(11)16-7-3-9-18-10-4-8-17-18/h2,4-6,8,10H,3,7,9H2,1H3,(H,14,19)(H,15,16). The molecule has 0 saturated carbocycles. The van der Waals surface area contributed by atoms with Crippen molar-refractivity contribution < 1.29 is 4.79 Å². The van der Waals surface area contributed by atoms with Crippen molar-refractivity contribution in [2.24, 2.45) is 0 Å². The minimum absolute atomic E-state index is 0.136. The van der Waals surface area contributed by atoms with Crippen LogP contribution in [0.5, 0.6) is 0 Å². The van der Waals surface area contributed by atoms with Gasteiger partial charge in [0.1, 0.15) is 5.82 Å². The van der Waals surface area contributed by atoms with E-state index in [0.717, 1.165) is 19.5 Å². The summed E-state index contributed by atoms with van der Waals surface area (Å²) >= 11 is 0. The molecule has 2 N–H and O–H groups in total. The Balaban J connectivity index is 1.87. The maximum atomic E-state index is 11.6. The third kappa shape index (κ3) is 3.54. The zero-order chi connectivity index (χ0) is 13.5. The molecule has 2 rings (SSSR count). The lowest BCUT2D eigenvalue weighted by molar-refractivity contribution is 0.0963. The van der Waals surface area contributed by atoms with Crippen LogP contribution < -0.4 is 10.6 Å². The van der Waals surface area contributed by atoms with Gasteiger partial charge in [0.05, 0.1) is 5.56 Å². The smallest absolute Gasteiger partial charge is 0.254 e. The molecule has 19 heavy (non-hydrogen) atoms. The Labute approximate surface area is 111 Å². The summed E-state index contributed by atoms with van der Waals surface area (Å²) in [4.78, 5) is 15.8. The summed E-state index contributed by atoms with van der Waals surface area (Å²) in [6, 6.07) is 5.40. The predicted molar refractivity (Wildman–Crippen MR) is 73.0 cm³/mol. The van der Waals surface area contributed by atoms with Gasteiger partial charge in [0.2, 0.25) is 0 Å². The average molecular weight is 259 g/mol. The fraction of sp³-hybridized carbons (Fsp3) is 0.308. The van der Waals surface area contributed by atoms with Crippen LogP contribution in [-0.2, 0) is 6.54 Å². The van der Waals surface area contributed by atoms with E-state index in [4.69, 9.17) is 0 Å². The second kappa shape index (κ2) is 6.53. The molecule has 6 heteroatoms. The summed E-state index contributed by atoms with van der Waals surface area (Å²) in [6.07, 6.45) is 6.26. The van der Waals surface area contributed by atoms with Gasteiger partial charge in [-0.15, -0.1) is 0 Å². The topological polar surface area (TPSA) is 71.8 Å². The molecule has 0 aliphatic carbocycles. The molecule has 0 fully saturated rings. The Morgan fingerprint density at radius 3 is 3.00 bits per heavy atom. The first-order chi connectivity index (χ1) is 9.31. The first kappa shape index (κ1) is 13.1. The van der Waals surface area contributed by atoms with Crippen LogP contribution in [0.4, 0.5) is 5.82 Å². The highest BCUT2D eigenvalue weighted by Gasteiger charge is 2.09. The third-order valence-electron chi connectivity index (χ3n) is 2.70. The van der Waals surface area contributed by atoms with Crippen molar-refractivity contribution in [1.29, 1.82) is 0 Å². The molecule has 0 radical (unpaired) electrons. The highest BCUT2D eigenvalue weighted by Crippen LogP contribution is 2.10. The van der Waals surface area contributed by atoms with Crippen LogP contribution in [-0.4, -0.2) is 34.3 Å². The normalized spacial score (nSPS) is 10.2. The summed E-state index contributed by atoms with van der Waals surface area (Å²) in [5.41, 5.74) is 0.559. The monoisotopic (exact) mass is 259 g/mol. The molecular weight excluding hydrogens is 242 g/mol. The highest BCUT2D eigenvalue weighted by atomic mass is 16.1. The van der Waals surface area contributed by atoms with Crippen molar-refractivity contribution in [3.05, 3.63) is 42.4 Å². The number of carbonyl (C=O) groups is 1. The fourth-order valence-electron chi connectivity index (χ4n) is 1.74. The fourth-order valence-corrected chi connectivity index (χ4v) is 1.74. The molecule has 0 aliphatic heterocycles. The van der Waals surface area contributed by atoms with Crippen molar-refractivity contribution in [2.45, 2.75) is 13.0 Å². The van der Waals surface area contributed by atoms with Gasteiger partial charge in [0.15, 0.2) is 0 Å². The summed E-state index contributed by atoms with van der Waals surface area (Å²) < 4.78 is 1.87. The third-order valence-corrected chi connectivity index (χ3v) is 2.70. The zero-order valence-corrected chi connectivity index (χ0v) is 10.8. The number of aryl methyl sites for hydroxylation is 1. The first-order valence-corrected chi connectivity index (χ1v) is 6.19. The Hall–Kier alpha value is -2.37. The number of nitrogens with zero attached hydrogens (tertiary/aromatic N) is 3. The van der Waals surface area contributed by atoms with Gasteiger partial charge in [-0.05, 0) is 24.6 Å². The average Bonchev–Trinajstić information content (AvgIpc) is 2.96. The molecule has 1 amide bonds. The SMILES string of the molecule is CNC(=O)c1cccnc1NCCCn1cccn1. The van der Waals surface area contributed by atoms with E-state index in [1.807, 2.05) is 16.9 Å². The molecule has 0 bridgehead atoms. The zero-order valence-electron chi connectivity index (χ0n) is 10.8. The van der Waals surface area contributed by atoms with E-state index in [2.05, 4.69) is 20.7 Å². The second-order valence-electron chi connectivity index (χ2n) is 4.03. The number of amides is 1. The van der Waals surface area contributed by atoms with Crippen LogP contribution in [0.15, 0.2) is 36.8 Å². The van der Waals surface area contributed by atoms with Crippen LogP contribution in [0.1, 0.15) is 16.8 Å².